The molecule has 1 heterocycles. The van der Waals surface area contributed by atoms with E-state index in [9.17, 15) is 8.42 Å². The average Bonchev–Trinajstić information content (AvgIpc) is 3.08. The molecule has 0 saturated carbocycles. The van der Waals surface area contributed by atoms with E-state index in [2.05, 4.69) is 9.71 Å². The van der Waals surface area contributed by atoms with Crippen molar-refractivity contribution in [2.75, 3.05) is 4.72 Å². The van der Waals surface area contributed by atoms with Crippen molar-refractivity contribution in [2.45, 2.75) is 18.7 Å². The van der Waals surface area contributed by atoms with Crippen molar-refractivity contribution >= 4 is 26.8 Å². The summed E-state index contributed by atoms with van der Waals surface area (Å²) in [7, 11) is -3.64. The van der Waals surface area contributed by atoms with Gasteiger partial charge in [0.15, 0.2) is 5.58 Å². The lowest BCUT2D eigenvalue weighted by atomic mass is 10.1. The van der Waals surface area contributed by atoms with Crippen LogP contribution in [0, 0.1) is 13.8 Å². The Balaban J connectivity index is 1.64. The Morgan fingerprint density at radius 3 is 2.37 bits per heavy atom. The smallest absolute Gasteiger partial charge is 0.261 e. The Kier molecular flexibility index (Phi) is 4.20. The van der Waals surface area contributed by atoms with E-state index in [1.807, 2.05) is 44.2 Å². The molecule has 0 saturated heterocycles. The molecular formula is C21H18N2O3S. The van der Waals surface area contributed by atoms with E-state index in [4.69, 9.17) is 4.42 Å². The minimum atomic E-state index is -3.64. The number of nitrogens with one attached hydrogen (secondary N) is 1. The standard InChI is InChI=1S/C21H18N2O3S/c1-14-7-10-17(11-8-14)27(24,25)23-18-12-9-16(13-15(18)2)21-22-19-5-3-4-6-20(19)26-21/h3-13,23H,1-2H3. The fourth-order valence-electron chi connectivity index (χ4n) is 2.83. The van der Waals surface area contributed by atoms with Crippen LogP contribution in [0.2, 0.25) is 0 Å². The van der Waals surface area contributed by atoms with Gasteiger partial charge in [-0.2, -0.15) is 0 Å². The maximum atomic E-state index is 12.6. The summed E-state index contributed by atoms with van der Waals surface area (Å²) in [5, 5.41) is 0. The number of benzene rings is 3. The highest BCUT2D eigenvalue weighted by Gasteiger charge is 2.16. The molecule has 5 nitrogen and oxygen atoms in total. The Bertz CT molecular complexity index is 1190. The molecule has 1 N–H and O–H groups in total. The summed E-state index contributed by atoms with van der Waals surface area (Å²) in [6.45, 7) is 3.76. The molecule has 136 valence electrons. The monoisotopic (exact) mass is 378 g/mol. The first-order valence-corrected chi connectivity index (χ1v) is 9.97. The van der Waals surface area contributed by atoms with Gasteiger partial charge in [0, 0.05) is 5.56 Å². The maximum absolute atomic E-state index is 12.6. The van der Waals surface area contributed by atoms with Gasteiger partial charge in [0.05, 0.1) is 10.6 Å². The van der Waals surface area contributed by atoms with Crippen molar-refractivity contribution < 1.29 is 12.8 Å². The van der Waals surface area contributed by atoms with Crippen molar-refractivity contribution in [3.8, 4) is 11.5 Å². The van der Waals surface area contributed by atoms with Gasteiger partial charge in [0.2, 0.25) is 5.89 Å². The summed E-state index contributed by atoms with van der Waals surface area (Å²) in [5.74, 6) is 0.507. The van der Waals surface area contributed by atoms with Crippen LogP contribution >= 0.6 is 0 Å². The van der Waals surface area contributed by atoms with Gasteiger partial charge in [-0.05, 0) is 61.9 Å². The van der Waals surface area contributed by atoms with E-state index >= 15 is 0 Å². The molecule has 0 aliphatic rings. The molecule has 3 aromatic carbocycles. The lowest BCUT2D eigenvalue weighted by Gasteiger charge is -2.11. The van der Waals surface area contributed by atoms with Gasteiger partial charge in [0.25, 0.3) is 10.0 Å². The number of hydrogen-bond acceptors (Lipinski definition) is 4. The zero-order valence-electron chi connectivity index (χ0n) is 14.9. The minimum Gasteiger partial charge on any atom is -0.436 e. The zero-order chi connectivity index (χ0) is 19.0. The van der Waals surface area contributed by atoms with Gasteiger partial charge in [0.1, 0.15) is 5.52 Å². The molecule has 4 aromatic rings. The van der Waals surface area contributed by atoms with Crippen LogP contribution in [0.15, 0.2) is 76.0 Å². The Morgan fingerprint density at radius 1 is 0.926 bits per heavy atom. The first kappa shape index (κ1) is 17.3. The van der Waals surface area contributed by atoms with E-state index < -0.39 is 10.0 Å². The summed E-state index contributed by atoms with van der Waals surface area (Å²) in [4.78, 5) is 4.71. The van der Waals surface area contributed by atoms with Crippen molar-refractivity contribution in [3.05, 3.63) is 77.9 Å². The quantitative estimate of drug-likeness (QED) is 0.547. The van der Waals surface area contributed by atoms with Crippen LogP contribution in [0.5, 0.6) is 0 Å². The van der Waals surface area contributed by atoms with Gasteiger partial charge in [-0.15, -0.1) is 0 Å². The third-order valence-electron chi connectivity index (χ3n) is 4.34. The Hall–Kier alpha value is -3.12. The lowest BCUT2D eigenvalue weighted by molar-refractivity contribution is 0.601. The summed E-state index contributed by atoms with van der Waals surface area (Å²) in [5.41, 5.74) is 4.61. The lowest BCUT2D eigenvalue weighted by Crippen LogP contribution is -2.13. The number of para-hydroxylation sites is 2. The largest absolute Gasteiger partial charge is 0.436 e. The SMILES string of the molecule is Cc1ccc(S(=O)(=O)Nc2ccc(-c3nc4ccccc4o3)cc2C)cc1. The predicted molar refractivity (Wildman–Crippen MR) is 106 cm³/mol. The second kappa shape index (κ2) is 6.55. The van der Waals surface area contributed by atoms with Crippen molar-refractivity contribution in [2.24, 2.45) is 0 Å². The van der Waals surface area contributed by atoms with Crippen LogP contribution in [-0.4, -0.2) is 13.4 Å². The summed E-state index contributed by atoms with van der Waals surface area (Å²) in [6.07, 6.45) is 0. The van der Waals surface area contributed by atoms with Crippen LogP contribution in [0.3, 0.4) is 0 Å². The fourth-order valence-corrected chi connectivity index (χ4v) is 3.96. The Morgan fingerprint density at radius 2 is 1.67 bits per heavy atom. The molecule has 0 unspecified atom stereocenters. The van der Waals surface area contributed by atoms with E-state index in [0.29, 0.717) is 17.2 Å². The maximum Gasteiger partial charge on any atom is 0.261 e. The third-order valence-corrected chi connectivity index (χ3v) is 5.72. The highest BCUT2D eigenvalue weighted by atomic mass is 32.2. The van der Waals surface area contributed by atoms with Crippen molar-refractivity contribution in [3.63, 3.8) is 0 Å². The van der Waals surface area contributed by atoms with Crippen LogP contribution in [0.1, 0.15) is 11.1 Å². The number of nitrogens with zero attached hydrogens (tertiary/aromatic N) is 1. The number of sulfonamides is 1. The summed E-state index contributed by atoms with van der Waals surface area (Å²) in [6, 6.07) is 19.7. The second-order valence-corrected chi connectivity index (χ2v) is 8.12. The summed E-state index contributed by atoms with van der Waals surface area (Å²) < 4.78 is 33.6. The molecule has 0 amide bonds. The first-order chi connectivity index (χ1) is 12.9. The van der Waals surface area contributed by atoms with Crippen molar-refractivity contribution in [1.82, 2.24) is 4.98 Å². The topological polar surface area (TPSA) is 72.2 Å². The van der Waals surface area contributed by atoms with Gasteiger partial charge >= 0.3 is 0 Å². The van der Waals surface area contributed by atoms with Crippen molar-refractivity contribution in [1.29, 1.82) is 0 Å². The Labute approximate surface area is 157 Å². The van der Waals surface area contributed by atoms with E-state index in [1.54, 1.807) is 36.4 Å². The van der Waals surface area contributed by atoms with Gasteiger partial charge in [-0.25, -0.2) is 13.4 Å². The summed E-state index contributed by atoms with van der Waals surface area (Å²) >= 11 is 0. The van der Waals surface area contributed by atoms with Gasteiger partial charge in [-0.3, -0.25) is 4.72 Å². The average molecular weight is 378 g/mol. The predicted octanol–water partition coefficient (Wildman–Crippen LogP) is 4.91. The molecule has 0 fully saturated rings. The van der Waals surface area contributed by atoms with Crippen LogP contribution in [0.4, 0.5) is 5.69 Å². The highest BCUT2D eigenvalue weighted by molar-refractivity contribution is 7.92. The van der Waals surface area contributed by atoms with Gasteiger partial charge in [-0.1, -0.05) is 29.8 Å². The number of rotatable bonds is 4. The number of oxazole rings is 1. The number of aryl methyl sites for hydroxylation is 2. The van der Waals surface area contributed by atoms with Crippen LogP contribution < -0.4 is 4.72 Å². The molecule has 6 heteroatoms. The van der Waals surface area contributed by atoms with E-state index in [1.165, 1.54) is 0 Å². The van der Waals surface area contributed by atoms with E-state index in [-0.39, 0.29) is 4.90 Å². The molecule has 4 rings (SSSR count). The molecule has 0 aliphatic heterocycles. The minimum absolute atomic E-state index is 0.232. The highest BCUT2D eigenvalue weighted by Crippen LogP contribution is 2.28. The van der Waals surface area contributed by atoms with E-state index in [0.717, 1.165) is 22.2 Å². The number of anilines is 1. The molecule has 27 heavy (non-hydrogen) atoms. The molecule has 0 atom stereocenters. The molecule has 0 radical (unpaired) electrons. The molecule has 0 aliphatic carbocycles. The molecule has 1 aromatic heterocycles. The van der Waals surface area contributed by atoms with Gasteiger partial charge < -0.3 is 4.42 Å². The van der Waals surface area contributed by atoms with Crippen LogP contribution in [-0.2, 0) is 10.0 Å². The zero-order valence-corrected chi connectivity index (χ0v) is 15.7. The normalized spacial score (nSPS) is 11.6. The first-order valence-electron chi connectivity index (χ1n) is 8.48. The molecular weight excluding hydrogens is 360 g/mol. The number of hydrogen-bond donors (Lipinski definition) is 1. The van der Waals surface area contributed by atoms with Crippen LogP contribution in [0.25, 0.3) is 22.6 Å². The molecule has 0 spiro atoms. The number of fused-ring (bicyclic) bond motifs is 1. The number of aromatic nitrogens is 1. The molecule has 0 bridgehead atoms. The third kappa shape index (κ3) is 3.44. The fraction of sp³-hybridized carbons (Fsp3) is 0.0952. The second-order valence-electron chi connectivity index (χ2n) is 6.43.